The van der Waals surface area contributed by atoms with Gasteiger partial charge in [-0.1, -0.05) is 0 Å². The lowest BCUT2D eigenvalue weighted by Crippen LogP contribution is -2.19. The van der Waals surface area contributed by atoms with E-state index in [-0.39, 0.29) is 5.82 Å². The van der Waals surface area contributed by atoms with Crippen LogP contribution >= 0.6 is 12.2 Å². The second kappa shape index (κ2) is 7.68. The summed E-state index contributed by atoms with van der Waals surface area (Å²) in [6.07, 6.45) is 3.52. The number of hydrogen-bond acceptors (Lipinski definition) is 5. The first-order chi connectivity index (χ1) is 16.2. The standard InChI is InChI=1S/C25H15FN6S/c26-14-5-7-15(8-6-14)29-25(33)30-16-9-10-19-20(13-16)32-24-18-4-2-12-28-22(18)21-17(23(24)31-19)3-1-11-27-21/h1-13H,(H2,29,30,33). The number of fused-ring (bicyclic) bond motifs is 7. The lowest BCUT2D eigenvalue weighted by atomic mass is 10.1. The van der Waals surface area contributed by atoms with E-state index in [2.05, 4.69) is 20.6 Å². The van der Waals surface area contributed by atoms with Crippen molar-refractivity contribution in [3.63, 3.8) is 0 Å². The number of halogens is 1. The smallest absolute Gasteiger partial charge is 0.175 e. The zero-order valence-corrected chi connectivity index (χ0v) is 17.9. The second-order valence-corrected chi connectivity index (χ2v) is 7.92. The molecule has 158 valence electrons. The van der Waals surface area contributed by atoms with E-state index < -0.39 is 0 Å². The van der Waals surface area contributed by atoms with Crippen molar-refractivity contribution in [1.82, 2.24) is 19.9 Å². The lowest BCUT2D eigenvalue weighted by Gasteiger charge is -2.12. The molecule has 0 bridgehead atoms. The second-order valence-electron chi connectivity index (χ2n) is 7.51. The van der Waals surface area contributed by atoms with Crippen LogP contribution in [0.2, 0.25) is 0 Å². The number of benzene rings is 3. The third kappa shape index (κ3) is 3.46. The molecule has 0 amide bonds. The highest BCUT2D eigenvalue weighted by molar-refractivity contribution is 7.80. The van der Waals surface area contributed by atoms with Crippen molar-refractivity contribution in [2.45, 2.75) is 0 Å². The van der Waals surface area contributed by atoms with E-state index in [4.69, 9.17) is 22.2 Å². The third-order valence-corrected chi connectivity index (χ3v) is 5.58. The van der Waals surface area contributed by atoms with E-state index in [1.807, 2.05) is 42.5 Å². The molecule has 0 aliphatic rings. The normalized spacial score (nSPS) is 11.3. The van der Waals surface area contributed by atoms with Gasteiger partial charge in [0.15, 0.2) is 5.11 Å². The molecular formula is C25H15FN6S. The fourth-order valence-electron chi connectivity index (χ4n) is 3.90. The Hall–Kier alpha value is -4.30. The van der Waals surface area contributed by atoms with Crippen molar-refractivity contribution in [2.24, 2.45) is 0 Å². The van der Waals surface area contributed by atoms with Crippen LogP contribution in [0, 0.1) is 5.82 Å². The Kier molecular flexibility index (Phi) is 4.51. The van der Waals surface area contributed by atoms with Gasteiger partial charge in [0.2, 0.25) is 0 Å². The van der Waals surface area contributed by atoms with Crippen LogP contribution in [0.1, 0.15) is 0 Å². The highest BCUT2D eigenvalue weighted by atomic mass is 32.1. The molecule has 3 aromatic carbocycles. The molecule has 0 radical (unpaired) electrons. The van der Waals surface area contributed by atoms with Gasteiger partial charge in [0, 0.05) is 34.5 Å². The van der Waals surface area contributed by atoms with Crippen LogP contribution in [-0.2, 0) is 0 Å². The fraction of sp³-hybridized carbons (Fsp3) is 0. The topological polar surface area (TPSA) is 75.6 Å². The van der Waals surface area contributed by atoms with Gasteiger partial charge in [-0.25, -0.2) is 14.4 Å². The Bertz CT molecular complexity index is 1700. The molecular weight excluding hydrogens is 435 g/mol. The summed E-state index contributed by atoms with van der Waals surface area (Å²) in [5, 5.41) is 8.40. The molecule has 6 rings (SSSR count). The zero-order chi connectivity index (χ0) is 22.4. The Balaban J connectivity index is 1.44. The molecule has 0 unspecified atom stereocenters. The summed E-state index contributed by atoms with van der Waals surface area (Å²) in [5.41, 5.74) is 6.12. The minimum atomic E-state index is -0.300. The van der Waals surface area contributed by atoms with Crippen LogP contribution in [0.15, 0.2) is 79.1 Å². The summed E-state index contributed by atoms with van der Waals surface area (Å²) in [4.78, 5) is 18.9. The Morgan fingerprint density at radius 2 is 1.24 bits per heavy atom. The number of nitrogens with zero attached hydrogens (tertiary/aromatic N) is 4. The van der Waals surface area contributed by atoms with Crippen molar-refractivity contribution in [2.75, 3.05) is 10.6 Å². The molecule has 6 aromatic rings. The molecule has 0 aliphatic carbocycles. The third-order valence-electron chi connectivity index (χ3n) is 5.37. The molecule has 6 nitrogen and oxygen atoms in total. The lowest BCUT2D eigenvalue weighted by molar-refractivity contribution is 0.628. The van der Waals surface area contributed by atoms with Gasteiger partial charge in [0.25, 0.3) is 0 Å². The van der Waals surface area contributed by atoms with Gasteiger partial charge in [-0.05, 0) is 78.9 Å². The molecule has 0 saturated heterocycles. The van der Waals surface area contributed by atoms with Gasteiger partial charge >= 0.3 is 0 Å². The van der Waals surface area contributed by atoms with Gasteiger partial charge in [-0.15, -0.1) is 0 Å². The summed E-state index contributed by atoms with van der Waals surface area (Å²) in [5.74, 6) is -0.300. The average Bonchev–Trinajstić information content (AvgIpc) is 2.84. The maximum absolute atomic E-state index is 13.1. The minimum Gasteiger partial charge on any atom is -0.332 e. The Labute approximate surface area is 192 Å². The first kappa shape index (κ1) is 19.4. The van der Waals surface area contributed by atoms with Crippen LogP contribution < -0.4 is 10.6 Å². The predicted molar refractivity (Wildman–Crippen MR) is 134 cm³/mol. The summed E-state index contributed by atoms with van der Waals surface area (Å²) in [7, 11) is 0. The van der Waals surface area contributed by atoms with Gasteiger partial charge in [-0.2, -0.15) is 0 Å². The molecule has 8 heteroatoms. The van der Waals surface area contributed by atoms with Gasteiger partial charge < -0.3 is 10.6 Å². The summed E-state index contributed by atoms with van der Waals surface area (Å²) < 4.78 is 13.1. The fourth-order valence-corrected chi connectivity index (χ4v) is 4.14. The van der Waals surface area contributed by atoms with E-state index in [1.165, 1.54) is 12.1 Å². The molecule has 0 spiro atoms. The first-order valence-electron chi connectivity index (χ1n) is 10.2. The number of pyridine rings is 2. The first-order valence-corrected chi connectivity index (χ1v) is 10.6. The predicted octanol–water partition coefficient (Wildman–Crippen LogP) is 5.83. The molecule has 0 atom stereocenters. The van der Waals surface area contributed by atoms with Crippen molar-refractivity contribution < 1.29 is 4.39 Å². The van der Waals surface area contributed by atoms with Crippen molar-refractivity contribution in [3.8, 4) is 0 Å². The highest BCUT2D eigenvalue weighted by Crippen LogP contribution is 2.32. The summed E-state index contributed by atoms with van der Waals surface area (Å²) in [6.45, 7) is 0. The molecule has 2 N–H and O–H groups in total. The maximum atomic E-state index is 13.1. The van der Waals surface area contributed by atoms with Crippen molar-refractivity contribution in [3.05, 3.63) is 84.9 Å². The average molecular weight is 451 g/mol. The van der Waals surface area contributed by atoms with Crippen molar-refractivity contribution in [1.29, 1.82) is 0 Å². The maximum Gasteiger partial charge on any atom is 0.175 e. The van der Waals surface area contributed by atoms with E-state index in [0.29, 0.717) is 10.8 Å². The SMILES string of the molecule is Fc1ccc(NC(=S)Nc2ccc3nc4c5cccnc5c5ncccc5c4nc3c2)cc1. The van der Waals surface area contributed by atoms with Crippen LogP contribution in [0.5, 0.6) is 0 Å². The molecule has 0 aliphatic heterocycles. The summed E-state index contributed by atoms with van der Waals surface area (Å²) >= 11 is 5.40. The van der Waals surface area contributed by atoms with Gasteiger partial charge in [-0.3, -0.25) is 9.97 Å². The minimum absolute atomic E-state index is 0.300. The quantitative estimate of drug-likeness (QED) is 0.195. The number of hydrogen-bond donors (Lipinski definition) is 2. The van der Waals surface area contributed by atoms with E-state index in [9.17, 15) is 4.39 Å². The van der Waals surface area contributed by atoms with Crippen LogP contribution in [-0.4, -0.2) is 25.0 Å². The Morgan fingerprint density at radius 3 is 1.91 bits per heavy atom. The van der Waals surface area contributed by atoms with Crippen molar-refractivity contribution >= 4 is 72.6 Å². The zero-order valence-electron chi connectivity index (χ0n) is 17.1. The number of thiocarbonyl (C=S) groups is 1. The Morgan fingerprint density at radius 1 is 0.667 bits per heavy atom. The highest BCUT2D eigenvalue weighted by Gasteiger charge is 2.14. The summed E-state index contributed by atoms with van der Waals surface area (Å²) in [6, 6.07) is 19.5. The molecule has 33 heavy (non-hydrogen) atoms. The molecule has 0 saturated carbocycles. The monoisotopic (exact) mass is 450 g/mol. The molecule has 0 fully saturated rings. The number of nitrogens with one attached hydrogen (secondary N) is 2. The van der Waals surface area contributed by atoms with E-state index in [0.717, 1.165) is 49.6 Å². The van der Waals surface area contributed by atoms with Crippen LogP contribution in [0.3, 0.4) is 0 Å². The number of aromatic nitrogens is 4. The van der Waals surface area contributed by atoms with E-state index in [1.54, 1.807) is 24.5 Å². The van der Waals surface area contributed by atoms with Gasteiger partial charge in [0.1, 0.15) is 5.82 Å². The largest absolute Gasteiger partial charge is 0.332 e. The molecule has 3 heterocycles. The number of rotatable bonds is 2. The number of anilines is 2. The van der Waals surface area contributed by atoms with E-state index >= 15 is 0 Å². The van der Waals surface area contributed by atoms with Gasteiger partial charge in [0.05, 0.1) is 33.1 Å². The van der Waals surface area contributed by atoms with Crippen LogP contribution in [0.25, 0.3) is 43.9 Å². The molecule has 3 aromatic heterocycles. The van der Waals surface area contributed by atoms with Crippen LogP contribution in [0.4, 0.5) is 15.8 Å².